The smallest absolute Gasteiger partial charge is 0.219 e. The second-order valence-corrected chi connectivity index (χ2v) is 3.99. The Kier molecular flexibility index (Phi) is 2.95. The molecular formula is C13H15NO2. The number of phenolic OH excluding ortho intramolecular Hbond substituents is 1. The van der Waals surface area contributed by atoms with Gasteiger partial charge >= 0.3 is 0 Å². The molecule has 1 aliphatic rings. The minimum Gasteiger partial charge on any atom is -0.508 e. The molecule has 16 heavy (non-hydrogen) atoms. The summed E-state index contributed by atoms with van der Waals surface area (Å²) in [5, 5.41) is 9.20. The number of nitrogens with zero attached hydrogens (tertiary/aromatic N) is 1. The summed E-state index contributed by atoms with van der Waals surface area (Å²) in [6.45, 7) is 3.06. The van der Waals surface area contributed by atoms with E-state index in [1.54, 1.807) is 19.1 Å². The van der Waals surface area contributed by atoms with Gasteiger partial charge in [0, 0.05) is 20.0 Å². The molecule has 0 spiro atoms. The molecule has 0 saturated carbocycles. The molecule has 1 amide bonds. The maximum Gasteiger partial charge on any atom is 0.219 e. The Labute approximate surface area is 95.0 Å². The molecule has 0 radical (unpaired) electrons. The first-order valence-corrected chi connectivity index (χ1v) is 5.41. The molecule has 0 atom stereocenters. The fourth-order valence-electron chi connectivity index (χ4n) is 1.89. The van der Waals surface area contributed by atoms with Gasteiger partial charge in [-0.2, -0.15) is 0 Å². The Bertz CT molecular complexity index is 420. The number of rotatable bonds is 1. The van der Waals surface area contributed by atoms with Crippen LogP contribution in [0, 0.1) is 0 Å². The SMILES string of the molecule is CC(=O)N1CC=C(c2ccc(O)cc2)CC1. The fourth-order valence-corrected chi connectivity index (χ4v) is 1.89. The molecule has 0 aliphatic carbocycles. The van der Waals surface area contributed by atoms with E-state index in [9.17, 15) is 9.90 Å². The van der Waals surface area contributed by atoms with Crippen LogP contribution in [0.3, 0.4) is 0 Å². The van der Waals surface area contributed by atoms with Crippen molar-refractivity contribution >= 4 is 11.5 Å². The molecular weight excluding hydrogens is 202 g/mol. The van der Waals surface area contributed by atoms with Crippen LogP contribution in [0.5, 0.6) is 5.75 Å². The molecule has 0 bridgehead atoms. The average molecular weight is 217 g/mol. The van der Waals surface area contributed by atoms with Gasteiger partial charge in [-0.25, -0.2) is 0 Å². The van der Waals surface area contributed by atoms with Crippen LogP contribution in [0.25, 0.3) is 5.57 Å². The summed E-state index contributed by atoms with van der Waals surface area (Å²) in [5.74, 6) is 0.409. The first-order valence-electron chi connectivity index (χ1n) is 5.41. The van der Waals surface area contributed by atoms with Gasteiger partial charge in [0.1, 0.15) is 5.75 Å². The molecule has 3 nitrogen and oxygen atoms in total. The second-order valence-electron chi connectivity index (χ2n) is 3.99. The Morgan fingerprint density at radius 3 is 2.50 bits per heavy atom. The third-order valence-corrected chi connectivity index (χ3v) is 2.89. The van der Waals surface area contributed by atoms with Gasteiger partial charge in [-0.1, -0.05) is 18.2 Å². The first kappa shape index (κ1) is 10.7. The normalized spacial score (nSPS) is 15.8. The maximum atomic E-state index is 11.2. The van der Waals surface area contributed by atoms with Crippen LogP contribution >= 0.6 is 0 Å². The van der Waals surface area contributed by atoms with Gasteiger partial charge in [0.25, 0.3) is 0 Å². The molecule has 0 saturated heterocycles. The van der Waals surface area contributed by atoms with Crippen LogP contribution in [0.15, 0.2) is 30.3 Å². The van der Waals surface area contributed by atoms with Crippen molar-refractivity contribution in [3.8, 4) is 5.75 Å². The van der Waals surface area contributed by atoms with E-state index in [-0.39, 0.29) is 11.7 Å². The van der Waals surface area contributed by atoms with Crippen molar-refractivity contribution in [3.63, 3.8) is 0 Å². The lowest BCUT2D eigenvalue weighted by molar-refractivity contribution is -0.128. The second kappa shape index (κ2) is 4.39. The van der Waals surface area contributed by atoms with Gasteiger partial charge in [-0.15, -0.1) is 0 Å². The van der Waals surface area contributed by atoms with Gasteiger partial charge in [-0.05, 0) is 29.7 Å². The van der Waals surface area contributed by atoms with E-state index in [1.165, 1.54) is 5.57 Å². The van der Waals surface area contributed by atoms with Crippen LogP contribution in [-0.2, 0) is 4.79 Å². The minimum atomic E-state index is 0.126. The molecule has 1 N–H and O–H groups in total. The van der Waals surface area contributed by atoms with Gasteiger partial charge < -0.3 is 10.0 Å². The number of aromatic hydroxyl groups is 1. The first-order chi connectivity index (χ1) is 7.66. The summed E-state index contributed by atoms with van der Waals surface area (Å²) >= 11 is 0. The van der Waals surface area contributed by atoms with Crippen LogP contribution in [-0.4, -0.2) is 29.0 Å². The minimum absolute atomic E-state index is 0.126. The molecule has 1 aliphatic heterocycles. The van der Waals surface area contributed by atoms with Crippen molar-refractivity contribution < 1.29 is 9.90 Å². The number of hydrogen-bond acceptors (Lipinski definition) is 2. The number of carbonyl (C=O) groups excluding carboxylic acids is 1. The monoisotopic (exact) mass is 217 g/mol. The molecule has 1 heterocycles. The van der Waals surface area contributed by atoms with Crippen molar-refractivity contribution in [2.45, 2.75) is 13.3 Å². The van der Waals surface area contributed by atoms with E-state index in [2.05, 4.69) is 6.08 Å². The summed E-state index contributed by atoms with van der Waals surface area (Å²) in [6, 6.07) is 7.19. The van der Waals surface area contributed by atoms with Crippen molar-refractivity contribution in [2.24, 2.45) is 0 Å². The summed E-state index contributed by atoms with van der Waals surface area (Å²) in [6.07, 6.45) is 2.96. The van der Waals surface area contributed by atoms with Crippen molar-refractivity contribution in [1.82, 2.24) is 4.90 Å². The van der Waals surface area contributed by atoms with Gasteiger partial charge in [0.05, 0.1) is 0 Å². The Morgan fingerprint density at radius 1 is 1.31 bits per heavy atom. The summed E-state index contributed by atoms with van der Waals surface area (Å²) in [7, 11) is 0. The van der Waals surface area contributed by atoms with E-state index in [1.807, 2.05) is 17.0 Å². The van der Waals surface area contributed by atoms with Crippen LogP contribution in [0.4, 0.5) is 0 Å². The third-order valence-electron chi connectivity index (χ3n) is 2.89. The summed E-state index contributed by atoms with van der Waals surface area (Å²) < 4.78 is 0. The third kappa shape index (κ3) is 2.24. The lowest BCUT2D eigenvalue weighted by Crippen LogP contribution is -2.32. The molecule has 1 aromatic carbocycles. The van der Waals surface area contributed by atoms with E-state index in [0.29, 0.717) is 6.54 Å². The zero-order valence-corrected chi connectivity index (χ0v) is 9.31. The van der Waals surface area contributed by atoms with Crippen LogP contribution in [0.1, 0.15) is 18.9 Å². The zero-order chi connectivity index (χ0) is 11.5. The average Bonchev–Trinajstić information content (AvgIpc) is 2.30. The highest BCUT2D eigenvalue weighted by Crippen LogP contribution is 2.23. The maximum absolute atomic E-state index is 11.2. The van der Waals surface area contributed by atoms with Crippen LogP contribution < -0.4 is 0 Å². The molecule has 2 rings (SSSR count). The Balaban J connectivity index is 2.13. The number of benzene rings is 1. The standard InChI is InChI=1S/C13H15NO2/c1-10(15)14-8-6-12(7-9-14)11-2-4-13(16)5-3-11/h2-6,16H,7-9H2,1H3. The number of amides is 1. The number of phenols is 1. The molecule has 0 unspecified atom stereocenters. The van der Waals surface area contributed by atoms with E-state index < -0.39 is 0 Å². The molecule has 3 heteroatoms. The zero-order valence-electron chi connectivity index (χ0n) is 9.31. The summed E-state index contributed by atoms with van der Waals surface area (Å²) in [4.78, 5) is 13.0. The molecule has 84 valence electrons. The van der Waals surface area contributed by atoms with E-state index in [4.69, 9.17) is 0 Å². The van der Waals surface area contributed by atoms with Gasteiger partial charge in [0.15, 0.2) is 0 Å². The highest BCUT2D eigenvalue weighted by Gasteiger charge is 2.14. The lowest BCUT2D eigenvalue weighted by Gasteiger charge is -2.25. The van der Waals surface area contributed by atoms with Crippen molar-refractivity contribution in [2.75, 3.05) is 13.1 Å². The molecule has 1 aromatic rings. The molecule has 0 aromatic heterocycles. The van der Waals surface area contributed by atoms with Crippen LogP contribution in [0.2, 0.25) is 0 Å². The number of carbonyl (C=O) groups is 1. The fraction of sp³-hybridized carbons (Fsp3) is 0.308. The Hall–Kier alpha value is -1.77. The van der Waals surface area contributed by atoms with Crippen molar-refractivity contribution in [3.05, 3.63) is 35.9 Å². The molecule has 0 fully saturated rings. The van der Waals surface area contributed by atoms with Gasteiger partial charge in [-0.3, -0.25) is 4.79 Å². The number of hydrogen-bond donors (Lipinski definition) is 1. The lowest BCUT2D eigenvalue weighted by atomic mass is 9.99. The predicted octanol–water partition coefficient (Wildman–Crippen LogP) is 2.03. The highest BCUT2D eigenvalue weighted by atomic mass is 16.3. The van der Waals surface area contributed by atoms with E-state index in [0.717, 1.165) is 18.5 Å². The topological polar surface area (TPSA) is 40.5 Å². The highest BCUT2D eigenvalue weighted by molar-refractivity contribution is 5.76. The van der Waals surface area contributed by atoms with Gasteiger partial charge in [0.2, 0.25) is 5.91 Å². The van der Waals surface area contributed by atoms with Crippen molar-refractivity contribution in [1.29, 1.82) is 0 Å². The Morgan fingerprint density at radius 2 is 2.00 bits per heavy atom. The largest absolute Gasteiger partial charge is 0.508 e. The predicted molar refractivity (Wildman–Crippen MR) is 63.0 cm³/mol. The summed E-state index contributed by atoms with van der Waals surface area (Å²) in [5.41, 5.74) is 2.37. The van der Waals surface area contributed by atoms with E-state index >= 15 is 0 Å². The quantitative estimate of drug-likeness (QED) is 0.782.